The number of hydrogen-bond acceptors (Lipinski definition) is 3. The van der Waals surface area contributed by atoms with Crippen LogP contribution in [0.5, 0.6) is 5.75 Å². The maximum atomic E-state index is 5.85. The van der Waals surface area contributed by atoms with Crippen LogP contribution in [-0.2, 0) is 0 Å². The van der Waals surface area contributed by atoms with E-state index in [4.69, 9.17) is 4.74 Å². The molecule has 0 saturated carbocycles. The van der Waals surface area contributed by atoms with Crippen LogP contribution in [0.3, 0.4) is 0 Å². The largest absolute Gasteiger partial charge is 0.494 e. The lowest BCUT2D eigenvalue weighted by molar-refractivity contribution is 0.304. The number of aromatic nitrogens is 2. The minimum absolute atomic E-state index is 0.478. The number of hydrogen-bond donors (Lipinski definition) is 0. The predicted molar refractivity (Wildman–Crippen MR) is 119 cm³/mol. The molecular weight excluding hydrogens is 344 g/mol. The summed E-state index contributed by atoms with van der Waals surface area (Å²) in [5, 5.41) is 8.94. The fourth-order valence-electron chi connectivity index (χ4n) is 3.40. The van der Waals surface area contributed by atoms with E-state index in [1.54, 1.807) is 0 Å². The first-order chi connectivity index (χ1) is 13.7. The van der Waals surface area contributed by atoms with E-state index in [1.807, 2.05) is 12.1 Å². The summed E-state index contributed by atoms with van der Waals surface area (Å²) in [5.41, 5.74) is 3.11. The van der Waals surface area contributed by atoms with Gasteiger partial charge in [-0.15, -0.1) is 0 Å². The molecule has 3 nitrogen and oxygen atoms in total. The summed E-state index contributed by atoms with van der Waals surface area (Å²) >= 11 is 0. The van der Waals surface area contributed by atoms with E-state index >= 15 is 0 Å². The molecule has 0 radical (unpaired) electrons. The number of rotatable bonds is 14. The first kappa shape index (κ1) is 22.4. The Bertz CT molecular complexity index is 637. The summed E-state index contributed by atoms with van der Waals surface area (Å²) in [6, 6.07) is 12.4. The maximum Gasteiger partial charge on any atom is 0.119 e. The average molecular weight is 383 g/mol. The zero-order chi connectivity index (χ0) is 20.0. The molecule has 0 aliphatic rings. The highest BCUT2D eigenvalue weighted by molar-refractivity contribution is 5.59. The molecule has 0 amide bonds. The van der Waals surface area contributed by atoms with Crippen molar-refractivity contribution >= 4 is 0 Å². The van der Waals surface area contributed by atoms with Gasteiger partial charge in [0, 0.05) is 11.5 Å². The molecule has 1 aromatic heterocycles. The van der Waals surface area contributed by atoms with Crippen LogP contribution in [0.15, 0.2) is 36.4 Å². The van der Waals surface area contributed by atoms with Gasteiger partial charge in [0.1, 0.15) is 5.75 Å². The molecule has 3 heteroatoms. The molecule has 0 aliphatic heterocycles. The number of ether oxygens (including phenoxy) is 1. The molecule has 0 N–H and O–H groups in total. The number of benzene rings is 1. The summed E-state index contributed by atoms with van der Waals surface area (Å²) in [6.07, 6.45) is 12.7. The summed E-state index contributed by atoms with van der Waals surface area (Å²) in [5.74, 6) is 1.41. The minimum atomic E-state index is 0.478. The smallest absolute Gasteiger partial charge is 0.119 e. The fraction of sp³-hybridized carbons (Fsp3) is 0.600. The van der Waals surface area contributed by atoms with Gasteiger partial charge in [-0.25, -0.2) is 0 Å². The Morgan fingerprint density at radius 2 is 1.43 bits per heavy atom. The van der Waals surface area contributed by atoms with Crippen molar-refractivity contribution in [3.63, 3.8) is 0 Å². The van der Waals surface area contributed by atoms with E-state index in [0.717, 1.165) is 35.7 Å². The van der Waals surface area contributed by atoms with Crippen molar-refractivity contribution in [2.45, 2.75) is 90.9 Å². The van der Waals surface area contributed by atoms with Crippen LogP contribution in [-0.4, -0.2) is 16.8 Å². The molecule has 0 fully saturated rings. The predicted octanol–water partition coefficient (Wildman–Crippen LogP) is 7.57. The fourth-order valence-corrected chi connectivity index (χ4v) is 3.40. The second kappa shape index (κ2) is 13.3. The SMILES string of the molecule is CCCCCCCOc1ccc(-c2ccc(C(C)CCCCCC)nn2)cc1. The Balaban J connectivity index is 1.79. The van der Waals surface area contributed by atoms with Crippen LogP contribution >= 0.6 is 0 Å². The van der Waals surface area contributed by atoms with E-state index in [0.29, 0.717) is 5.92 Å². The van der Waals surface area contributed by atoms with E-state index in [1.165, 1.54) is 57.8 Å². The maximum absolute atomic E-state index is 5.85. The standard InChI is InChI=1S/C25H38N2O/c1-4-6-8-10-12-20-28-23-16-14-22(15-17-23)25-19-18-24(26-27-25)21(3)13-11-9-7-5-2/h14-19,21H,4-13,20H2,1-3H3. The van der Waals surface area contributed by atoms with Crippen molar-refractivity contribution in [1.29, 1.82) is 0 Å². The first-order valence-corrected chi connectivity index (χ1v) is 11.3. The van der Waals surface area contributed by atoms with Gasteiger partial charge in [-0.2, -0.15) is 10.2 Å². The molecule has 1 heterocycles. The van der Waals surface area contributed by atoms with Crippen LogP contribution in [0.2, 0.25) is 0 Å². The molecule has 28 heavy (non-hydrogen) atoms. The Morgan fingerprint density at radius 1 is 0.750 bits per heavy atom. The number of unbranched alkanes of at least 4 members (excludes halogenated alkanes) is 7. The van der Waals surface area contributed by atoms with Crippen LogP contribution in [0.25, 0.3) is 11.3 Å². The Kier molecular flexibility index (Phi) is 10.6. The molecule has 0 spiro atoms. The molecular formula is C25H38N2O. The third-order valence-corrected chi connectivity index (χ3v) is 5.35. The van der Waals surface area contributed by atoms with Crippen molar-refractivity contribution in [3.05, 3.63) is 42.1 Å². The van der Waals surface area contributed by atoms with Crippen molar-refractivity contribution < 1.29 is 4.74 Å². The van der Waals surface area contributed by atoms with Crippen LogP contribution in [0.4, 0.5) is 0 Å². The normalized spacial score (nSPS) is 12.1. The van der Waals surface area contributed by atoms with Gasteiger partial charge in [-0.3, -0.25) is 0 Å². The van der Waals surface area contributed by atoms with E-state index in [-0.39, 0.29) is 0 Å². The highest BCUT2D eigenvalue weighted by atomic mass is 16.5. The minimum Gasteiger partial charge on any atom is -0.494 e. The van der Waals surface area contributed by atoms with Crippen LogP contribution in [0.1, 0.15) is 96.6 Å². The van der Waals surface area contributed by atoms with Crippen LogP contribution in [0, 0.1) is 0 Å². The van der Waals surface area contributed by atoms with E-state index in [2.05, 4.69) is 55.2 Å². The van der Waals surface area contributed by atoms with Gasteiger partial charge in [-0.05, 0) is 49.2 Å². The lowest BCUT2D eigenvalue weighted by atomic mass is 9.99. The third-order valence-electron chi connectivity index (χ3n) is 5.35. The molecule has 1 aromatic carbocycles. The molecule has 1 unspecified atom stereocenters. The first-order valence-electron chi connectivity index (χ1n) is 11.3. The van der Waals surface area contributed by atoms with Gasteiger partial charge in [0.05, 0.1) is 18.0 Å². The van der Waals surface area contributed by atoms with Gasteiger partial charge in [-0.1, -0.05) is 72.1 Å². The van der Waals surface area contributed by atoms with Gasteiger partial charge in [0.25, 0.3) is 0 Å². The molecule has 1 atom stereocenters. The second-order valence-electron chi connectivity index (χ2n) is 7.88. The van der Waals surface area contributed by atoms with Crippen molar-refractivity contribution in [1.82, 2.24) is 10.2 Å². The quantitative estimate of drug-likeness (QED) is 0.316. The highest BCUT2D eigenvalue weighted by Crippen LogP contribution is 2.24. The highest BCUT2D eigenvalue weighted by Gasteiger charge is 2.09. The molecule has 0 aliphatic carbocycles. The van der Waals surface area contributed by atoms with Crippen LogP contribution < -0.4 is 4.74 Å². The summed E-state index contributed by atoms with van der Waals surface area (Å²) < 4.78 is 5.85. The van der Waals surface area contributed by atoms with Gasteiger partial charge >= 0.3 is 0 Å². The second-order valence-corrected chi connectivity index (χ2v) is 7.88. The Morgan fingerprint density at radius 3 is 2.07 bits per heavy atom. The molecule has 2 rings (SSSR count). The molecule has 0 bridgehead atoms. The lowest BCUT2D eigenvalue weighted by Crippen LogP contribution is -2.00. The summed E-state index contributed by atoms with van der Waals surface area (Å²) in [4.78, 5) is 0. The summed E-state index contributed by atoms with van der Waals surface area (Å²) in [6.45, 7) is 7.55. The van der Waals surface area contributed by atoms with Crippen molar-refractivity contribution in [2.75, 3.05) is 6.61 Å². The van der Waals surface area contributed by atoms with Gasteiger partial charge in [0.2, 0.25) is 0 Å². The molecule has 2 aromatic rings. The van der Waals surface area contributed by atoms with Crippen molar-refractivity contribution in [2.24, 2.45) is 0 Å². The van der Waals surface area contributed by atoms with Gasteiger partial charge < -0.3 is 4.74 Å². The monoisotopic (exact) mass is 382 g/mol. The Labute approximate surface area is 171 Å². The average Bonchev–Trinajstić information content (AvgIpc) is 2.74. The van der Waals surface area contributed by atoms with E-state index in [9.17, 15) is 0 Å². The number of nitrogens with zero attached hydrogens (tertiary/aromatic N) is 2. The summed E-state index contributed by atoms with van der Waals surface area (Å²) in [7, 11) is 0. The van der Waals surface area contributed by atoms with Crippen molar-refractivity contribution in [3.8, 4) is 17.0 Å². The zero-order valence-electron chi connectivity index (χ0n) is 18.1. The molecule has 0 saturated heterocycles. The van der Waals surface area contributed by atoms with Gasteiger partial charge in [0.15, 0.2) is 0 Å². The van der Waals surface area contributed by atoms with E-state index < -0.39 is 0 Å². The third kappa shape index (κ3) is 8.00. The zero-order valence-corrected chi connectivity index (χ0v) is 18.1. The topological polar surface area (TPSA) is 35.0 Å². The Hall–Kier alpha value is -1.90. The molecule has 154 valence electrons. The lowest BCUT2D eigenvalue weighted by Gasteiger charge is -2.11.